The van der Waals surface area contributed by atoms with Gasteiger partial charge in [0.2, 0.25) is 0 Å². The summed E-state index contributed by atoms with van der Waals surface area (Å²) < 4.78 is 5.29. The van der Waals surface area contributed by atoms with Crippen LogP contribution in [0.15, 0.2) is 0 Å². The summed E-state index contributed by atoms with van der Waals surface area (Å²) >= 11 is 2.17. The van der Waals surface area contributed by atoms with E-state index in [4.69, 9.17) is 4.18 Å². The number of halogens is 1. The molecule has 0 aromatic heterocycles. The molecule has 0 aromatic rings. The van der Waals surface area contributed by atoms with Crippen molar-refractivity contribution in [1.29, 1.82) is 0 Å². The average Bonchev–Trinajstić information content (AvgIpc) is 2.05. The largest absolute Gasteiger partial charge is 0.305 e. The SMILES string of the molecule is CCCCC(CC)COSI. The summed E-state index contributed by atoms with van der Waals surface area (Å²) in [6, 6.07) is 0. The summed E-state index contributed by atoms with van der Waals surface area (Å²) in [5, 5.41) is 0. The van der Waals surface area contributed by atoms with Gasteiger partial charge < -0.3 is 4.18 Å². The molecule has 0 saturated heterocycles. The molecule has 0 fully saturated rings. The van der Waals surface area contributed by atoms with E-state index in [1.807, 2.05) is 0 Å². The highest BCUT2D eigenvalue weighted by Gasteiger charge is 2.04. The van der Waals surface area contributed by atoms with E-state index in [0.29, 0.717) is 0 Å². The van der Waals surface area contributed by atoms with Gasteiger partial charge in [-0.3, -0.25) is 0 Å². The Balaban J connectivity index is 3.25. The minimum absolute atomic E-state index is 0.775. The smallest absolute Gasteiger partial charge is 0.0651 e. The first kappa shape index (κ1) is 12.0. The molecule has 1 nitrogen and oxygen atoms in total. The second-order valence-corrected chi connectivity index (χ2v) is 4.20. The van der Waals surface area contributed by atoms with E-state index in [9.17, 15) is 0 Å². The van der Waals surface area contributed by atoms with Crippen LogP contribution in [0, 0.1) is 5.92 Å². The topological polar surface area (TPSA) is 9.23 Å². The van der Waals surface area contributed by atoms with Gasteiger partial charge in [-0.05, 0) is 12.3 Å². The van der Waals surface area contributed by atoms with Crippen LogP contribution in [0.5, 0.6) is 0 Å². The molecule has 0 aliphatic rings. The Labute approximate surface area is 86.4 Å². The van der Waals surface area contributed by atoms with Gasteiger partial charge in [0.25, 0.3) is 0 Å². The molecule has 0 spiro atoms. The maximum atomic E-state index is 5.29. The van der Waals surface area contributed by atoms with Crippen LogP contribution in [-0.4, -0.2) is 6.61 Å². The first-order valence-corrected chi connectivity index (χ1v) is 7.53. The van der Waals surface area contributed by atoms with Crippen molar-refractivity contribution in [2.75, 3.05) is 6.61 Å². The fourth-order valence-electron chi connectivity index (χ4n) is 1.02. The van der Waals surface area contributed by atoms with Gasteiger partial charge >= 0.3 is 0 Å². The van der Waals surface area contributed by atoms with E-state index in [0.717, 1.165) is 12.5 Å². The van der Waals surface area contributed by atoms with E-state index < -0.39 is 0 Å². The molecule has 0 aliphatic carbocycles. The van der Waals surface area contributed by atoms with Gasteiger partial charge in [-0.2, -0.15) is 0 Å². The quantitative estimate of drug-likeness (QED) is 0.512. The number of rotatable bonds is 7. The van der Waals surface area contributed by atoms with Crippen molar-refractivity contribution in [1.82, 2.24) is 0 Å². The highest BCUT2D eigenvalue weighted by molar-refractivity contribution is 14.2. The van der Waals surface area contributed by atoms with Gasteiger partial charge in [0.1, 0.15) is 0 Å². The molecule has 0 heterocycles. The van der Waals surface area contributed by atoms with Crippen LogP contribution in [-0.2, 0) is 4.18 Å². The molecule has 0 radical (unpaired) electrons. The Morgan fingerprint density at radius 2 is 2.18 bits per heavy atom. The lowest BCUT2D eigenvalue weighted by Crippen LogP contribution is -2.05. The zero-order valence-corrected chi connectivity index (χ0v) is 10.3. The molecule has 11 heavy (non-hydrogen) atoms. The van der Waals surface area contributed by atoms with E-state index in [-0.39, 0.29) is 0 Å². The van der Waals surface area contributed by atoms with Crippen molar-refractivity contribution < 1.29 is 4.18 Å². The van der Waals surface area contributed by atoms with Gasteiger partial charge in [0.15, 0.2) is 0 Å². The van der Waals surface area contributed by atoms with Crippen molar-refractivity contribution in [2.45, 2.75) is 39.5 Å². The summed E-state index contributed by atoms with van der Waals surface area (Å²) in [7, 11) is 1.45. The van der Waals surface area contributed by atoms with Crippen molar-refractivity contribution in [3.8, 4) is 0 Å². The standard InChI is InChI=1S/C8H17IOS/c1-3-5-6-8(4-2)7-10-11-9/h8H,3-7H2,1-2H3. The molecule has 0 amide bonds. The summed E-state index contributed by atoms with van der Waals surface area (Å²) in [5.74, 6) is 0.775. The molecule has 3 heteroatoms. The third-order valence-electron chi connectivity index (χ3n) is 1.89. The van der Waals surface area contributed by atoms with Crippen LogP contribution in [0.2, 0.25) is 0 Å². The van der Waals surface area contributed by atoms with Crippen LogP contribution in [0.25, 0.3) is 0 Å². The van der Waals surface area contributed by atoms with E-state index in [1.54, 1.807) is 0 Å². The molecule has 1 atom stereocenters. The second-order valence-electron chi connectivity index (χ2n) is 2.76. The lowest BCUT2D eigenvalue weighted by molar-refractivity contribution is 0.270. The summed E-state index contributed by atoms with van der Waals surface area (Å²) in [5.41, 5.74) is 0. The maximum Gasteiger partial charge on any atom is 0.0651 e. The van der Waals surface area contributed by atoms with Gasteiger partial charge in [0.05, 0.1) is 15.8 Å². The predicted octanol–water partition coefficient (Wildman–Crippen LogP) is 4.22. The third-order valence-corrected chi connectivity index (χ3v) is 2.88. The summed E-state index contributed by atoms with van der Waals surface area (Å²) in [6.45, 7) is 5.40. The van der Waals surface area contributed by atoms with Gasteiger partial charge in [-0.25, -0.2) is 0 Å². The van der Waals surface area contributed by atoms with Gasteiger partial charge in [-0.15, -0.1) is 0 Å². The molecule has 0 aliphatic heterocycles. The Morgan fingerprint density at radius 3 is 2.64 bits per heavy atom. The van der Waals surface area contributed by atoms with Crippen LogP contribution in [0.4, 0.5) is 0 Å². The van der Waals surface area contributed by atoms with E-state index in [2.05, 4.69) is 35.1 Å². The Hall–Kier alpha value is 1.04. The van der Waals surface area contributed by atoms with E-state index in [1.165, 1.54) is 34.9 Å². The molecule has 1 unspecified atom stereocenters. The lowest BCUT2D eigenvalue weighted by atomic mass is 10.0. The van der Waals surface area contributed by atoms with Crippen LogP contribution in [0.3, 0.4) is 0 Å². The van der Waals surface area contributed by atoms with Crippen molar-refractivity contribution >= 4 is 30.4 Å². The van der Waals surface area contributed by atoms with E-state index >= 15 is 0 Å². The molecule has 68 valence electrons. The van der Waals surface area contributed by atoms with Gasteiger partial charge in [-0.1, -0.05) is 33.1 Å². The van der Waals surface area contributed by atoms with Crippen LogP contribution < -0.4 is 0 Å². The Morgan fingerprint density at radius 1 is 1.45 bits per heavy atom. The first-order chi connectivity index (χ1) is 5.35. The zero-order valence-electron chi connectivity index (χ0n) is 7.31. The predicted molar refractivity (Wildman–Crippen MR) is 60.9 cm³/mol. The van der Waals surface area contributed by atoms with Crippen molar-refractivity contribution in [3.63, 3.8) is 0 Å². The van der Waals surface area contributed by atoms with Crippen molar-refractivity contribution in [2.24, 2.45) is 5.92 Å². The minimum atomic E-state index is 0.775. The fourth-order valence-corrected chi connectivity index (χ4v) is 1.70. The number of unbranched alkanes of at least 4 members (excludes halogenated alkanes) is 1. The molecule has 0 N–H and O–H groups in total. The van der Waals surface area contributed by atoms with Crippen molar-refractivity contribution in [3.05, 3.63) is 0 Å². The summed E-state index contributed by atoms with van der Waals surface area (Å²) in [4.78, 5) is 0. The maximum absolute atomic E-state index is 5.29. The third kappa shape index (κ3) is 7.40. The molecule has 0 aromatic carbocycles. The molecule has 0 saturated carbocycles. The normalized spacial score (nSPS) is 13.4. The highest BCUT2D eigenvalue weighted by Crippen LogP contribution is 2.18. The molecular weight excluding hydrogens is 271 g/mol. The number of hydrogen-bond donors (Lipinski definition) is 0. The first-order valence-electron chi connectivity index (χ1n) is 4.25. The fraction of sp³-hybridized carbons (Fsp3) is 1.00. The zero-order chi connectivity index (χ0) is 8.53. The number of hydrogen-bond acceptors (Lipinski definition) is 2. The second kappa shape index (κ2) is 9.13. The average molecular weight is 288 g/mol. The lowest BCUT2D eigenvalue weighted by Gasteiger charge is -2.11. The van der Waals surface area contributed by atoms with Crippen LogP contribution >= 0.6 is 30.4 Å². The monoisotopic (exact) mass is 288 g/mol. The highest BCUT2D eigenvalue weighted by atomic mass is 127. The van der Waals surface area contributed by atoms with Gasteiger partial charge in [0, 0.05) is 21.2 Å². The Bertz CT molecular complexity index is 72.5. The molecule has 0 bridgehead atoms. The summed E-state index contributed by atoms with van der Waals surface area (Å²) in [6.07, 6.45) is 5.21. The minimum Gasteiger partial charge on any atom is -0.305 e. The molecule has 0 rings (SSSR count). The Kier molecular flexibility index (Phi) is 9.99. The van der Waals surface area contributed by atoms with Crippen LogP contribution in [0.1, 0.15) is 39.5 Å². The molecular formula is C8H17IOS.